The second-order valence-electron chi connectivity index (χ2n) is 6.21. The van der Waals surface area contributed by atoms with Gasteiger partial charge in [0.25, 0.3) is 0 Å². The molecule has 0 heterocycles. The minimum atomic E-state index is -0.446. The Balaban J connectivity index is 1.94. The molecule has 0 saturated carbocycles. The summed E-state index contributed by atoms with van der Waals surface area (Å²) in [4.78, 5) is 14.4. The molecule has 27 heavy (non-hydrogen) atoms. The second-order valence-corrected chi connectivity index (χ2v) is 6.62. The summed E-state index contributed by atoms with van der Waals surface area (Å²) in [6, 6.07) is 9.25. The number of rotatable bonds is 8. The molecule has 7 heteroatoms. The second kappa shape index (κ2) is 9.58. The molecule has 0 aliphatic rings. The molecule has 2 rings (SSSR count). The van der Waals surface area contributed by atoms with Crippen molar-refractivity contribution in [1.29, 1.82) is 0 Å². The highest BCUT2D eigenvalue weighted by atomic mass is 35.5. The fraction of sp³-hybridized carbons (Fsp3) is 0.350. The Labute approximate surface area is 164 Å². The maximum Gasteiger partial charge on any atom is 0.241 e. The van der Waals surface area contributed by atoms with Crippen molar-refractivity contribution >= 4 is 23.2 Å². The lowest BCUT2D eigenvalue weighted by Gasteiger charge is -2.24. The fourth-order valence-corrected chi connectivity index (χ4v) is 2.78. The van der Waals surface area contributed by atoms with E-state index in [0.29, 0.717) is 23.7 Å². The third kappa shape index (κ3) is 5.58. The summed E-state index contributed by atoms with van der Waals surface area (Å²) in [6.45, 7) is 2.47. The van der Waals surface area contributed by atoms with Gasteiger partial charge in [0.1, 0.15) is 5.82 Å². The van der Waals surface area contributed by atoms with E-state index in [2.05, 4.69) is 5.32 Å². The highest BCUT2D eigenvalue weighted by molar-refractivity contribution is 6.33. The van der Waals surface area contributed by atoms with Gasteiger partial charge in [0.05, 0.1) is 31.0 Å². The van der Waals surface area contributed by atoms with Gasteiger partial charge in [-0.05, 0) is 56.3 Å². The van der Waals surface area contributed by atoms with Gasteiger partial charge in [-0.2, -0.15) is 0 Å². The number of benzene rings is 2. The van der Waals surface area contributed by atoms with Crippen LogP contribution in [0.15, 0.2) is 36.4 Å². The maximum atomic E-state index is 13.1. The van der Waals surface area contributed by atoms with Crippen molar-refractivity contribution < 1.29 is 18.7 Å². The van der Waals surface area contributed by atoms with Crippen LogP contribution in [0.1, 0.15) is 12.5 Å². The zero-order chi connectivity index (χ0) is 20.0. The first-order chi connectivity index (χ1) is 12.8. The van der Waals surface area contributed by atoms with Crippen LogP contribution in [0.2, 0.25) is 5.02 Å². The van der Waals surface area contributed by atoms with E-state index in [0.717, 1.165) is 12.0 Å². The highest BCUT2D eigenvalue weighted by Gasteiger charge is 2.19. The largest absolute Gasteiger partial charge is 0.493 e. The number of nitrogens with zero attached hydrogens (tertiary/aromatic N) is 1. The van der Waals surface area contributed by atoms with Gasteiger partial charge in [0, 0.05) is 6.54 Å². The summed E-state index contributed by atoms with van der Waals surface area (Å²) >= 11 is 5.96. The lowest BCUT2D eigenvalue weighted by atomic mass is 10.1. The standard InChI is InChI=1S/C20H24ClFN2O3/c1-13(20(25)23-17-7-6-15(22)12-16(17)21)24(2)10-9-14-5-8-18(26-3)19(11-14)27-4/h5-8,11-13H,9-10H2,1-4H3,(H,23,25)/t13-/m1/s1. The summed E-state index contributed by atoms with van der Waals surface area (Å²) in [5.74, 6) is 0.698. The Kier molecular flexibility index (Phi) is 7.45. The van der Waals surface area contributed by atoms with Crippen molar-refractivity contribution in [3.63, 3.8) is 0 Å². The number of nitrogens with one attached hydrogen (secondary N) is 1. The Hall–Kier alpha value is -2.31. The quantitative estimate of drug-likeness (QED) is 0.735. The molecule has 0 spiro atoms. The molecule has 0 aliphatic heterocycles. The number of likely N-dealkylation sites (N-methyl/N-ethyl adjacent to an activating group) is 1. The summed E-state index contributed by atoms with van der Waals surface area (Å²) in [5, 5.41) is 2.90. The molecule has 0 saturated heterocycles. The predicted octanol–water partition coefficient (Wildman–Crippen LogP) is 4.00. The molecular weight excluding hydrogens is 371 g/mol. The predicted molar refractivity (Wildman–Crippen MR) is 105 cm³/mol. The maximum absolute atomic E-state index is 13.1. The molecule has 1 amide bonds. The normalized spacial score (nSPS) is 12.0. The van der Waals surface area contributed by atoms with Crippen molar-refractivity contribution in [1.82, 2.24) is 4.90 Å². The van der Waals surface area contributed by atoms with Crippen molar-refractivity contribution in [3.8, 4) is 11.5 Å². The van der Waals surface area contributed by atoms with Crippen LogP contribution in [0.25, 0.3) is 0 Å². The fourth-order valence-electron chi connectivity index (χ4n) is 2.56. The molecule has 0 bridgehead atoms. The van der Waals surface area contributed by atoms with Crippen molar-refractivity contribution in [3.05, 3.63) is 52.8 Å². The number of amides is 1. The summed E-state index contributed by atoms with van der Waals surface area (Å²) in [6.07, 6.45) is 0.742. The first-order valence-electron chi connectivity index (χ1n) is 8.52. The molecule has 5 nitrogen and oxygen atoms in total. The summed E-state index contributed by atoms with van der Waals surface area (Å²) in [7, 11) is 5.07. The van der Waals surface area contributed by atoms with Crippen molar-refractivity contribution in [2.75, 3.05) is 33.1 Å². The van der Waals surface area contributed by atoms with Gasteiger partial charge >= 0.3 is 0 Å². The van der Waals surface area contributed by atoms with E-state index in [4.69, 9.17) is 21.1 Å². The van der Waals surface area contributed by atoms with E-state index in [1.54, 1.807) is 21.1 Å². The third-order valence-corrected chi connectivity index (χ3v) is 4.74. The number of carbonyl (C=O) groups is 1. The molecule has 0 aromatic heterocycles. The molecule has 2 aromatic carbocycles. The Morgan fingerprint density at radius 1 is 1.19 bits per heavy atom. The van der Waals surface area contributed by atoms with Crippen LogP contribution >= 0.6 is 11.6 Å². The number of carbonyl (C=O) groups excluding carboxylic acids is 1. The first-order valence-corrected chi connectivity index (χ1v) is 8.90. The van der Waals surface area contributed by atoms with E-state index in [-0.39, 0.29) is 17.0 Å². The molecule has 2 aromatic rings. The molecule has 0 fully saturated rings. The Morgan fingerprint density at radius 3 is 2.52 bits per heavy atom. The Morgan fingerprint density at radius 2 is 1.89 bits per heavy atom. The molecule has 0 aliphatic carbocycles. The highest BCUT2D eigenvalue weighted by Crippen LogP contribution is 2.28. The number of hydrogen-bond acceptors (Lipinski definition) is 4. The molecule has 1 N–H and O–H groups in total. The number of methoxy groups -OCH3 is 2. The summed E-state index contributed by atoms with van der Waals surface area (Å²) in [5.41, 5.74) is 1.47. The van der Waals surface area contributed by atoms with Gasteiger partial charge in [0.2, 0.25) is 5.91 Å². The van der Waals surface area contributed by atoms with Gasteiger partial charge in [-0.1, -0.05) is 17.7 Å². The van der Waals surface area contributed by atoms with Gasteiger partial charge in [-0.25, -0.2) is 4.39 Å². The average molecular weight is 395 g/mol. The topological polar surface area (TPSA) is 50.8 Å². The smallest absolute Gasteiger partial charge is 0.241 e. The van der Waals surface area contributed by atoms with E-state index in [1.807, 2.05) is 30.1 Å². The zero-order valence-corrected chi connectivity index (χ0v) is 16.6. The average Bonchev–Trinajstić information content (AvgIpc) is 2.67. The van der Waals surface area contributed by atoms with Crippen LogP contribution in [-0.2, 0) is 11.2 Å². The van der Waals surface area contributed by atoms with Crippen LogP contribution in [0, 0.1) is 5.82 Å². The van der Waals surface area contributed by atoms with E-state index in [1.165, 1.54) is 18.2 Å². The molecule has 146 valence electrons. The molecule has 0 radical (unpaired) electrons. The molecule has 0 unspecified atom stereocenters. The van der Waals surface area contributed by atoms with Gasteiger partial charge in [-0.15, -0.1) is 0 Å². The van der Waals surface area contributed by atoms with Gasteiger partial charge in [-0.3, -0.25) is 9.69 Å². The minimum Gasteiger partial charge on any atom is -0.493 e. The van der Waals surface area contributed by atoms with E-state index < -0.39 is 5.82 Å². The van der Waals surface area contributed by atoms with Crippen LogP contribution in [0.5, 0.6) is 11.5 Å². The molecule has 1 atom stereocenters. The van der Waals surface area contributed by atoms with E-state index >= 15 is 0 Å². The lowest BCUT2D eigenvalue weighted by Crippen LogP contribution is -2.40. The van der Waals surface area contributed by atoms with Gasteiger partial charge in [0.15, 0.2) is 11.5 Å². The van der Waals surface area contributed by atoms with Crippen molar-refractivity contribution in [2.45, 2.75) is 19.4 Å². The number of halogens is 2. The van der Waals surface area contributed by atoms with Crippen LogP contribution < -0.4 is 14.8 Å². The summed E-state index contributed by atoms with van der Waals surface area (Å²) < 4.78 is 23.7. The lowest BCUT2D eigenvalue weighted by molar-refractivity contribution is -0.120. The number of anilines is 1. The minimum absolute atomic E-state index is 0.170. The van der Waals surface area contributed by atoms with Crippen LogP contribution in [0.3, 0.4) is 0 Å². The number of hydrogen-bond donors (Lipinski definition) is 1. The zero-order valence-electron chi connectivity index (χ0n) is 15.9. The monoisotopic (exact) mass is 394 g/mol. The number of ether oxygens (including phenoxy) is 2. The SMILES string of the molecule is COc1ccc(CCN(C)[C@H](C)C(=O)Nc2ccc(F)cc2Cl)cc1OC. The van der Waals surface area contributed by atoms with Crippen LogP contribution in [0.4, 0.5) is 10.1 Å². The van der Waals surface area contributed by atoms with Crippen molar-refractivity contribution in [2.24, 2.45) is 0 Å². The Bertz CT molecular complexity index is 801. The molecular formula is C20H24ClFN2O3. The first kappa shape index (κ1) is 21.0. The van der Waals surface area contributed by atoms with Gasteiger partial charge < -0.3 is 14.8 Å². The third-order valence-electron chi connectivity index (χ3n) is 4.43. The van der Waals surface area contributed by atoms with E-state index in [9.17, 15) is 9.18 Å². The van der Waals surface area contributed by atoms with Crippen LogP contribution in [-0.4, -0.2) is 44.7 Å².